The van der Waals surface area contributed by atoms with Crippen molar-refractivity contribution in [2.24, 2.45) is 0 Å². The summed E-state index contributed by atoms with van der Waals surface area (Å²) in [6.07, 6.45) is 3.06. The largest absolute Gasteiger partial charge is 0.483 e. The van der Waals surface area contributed by atoms with Crippen molar-refractivity contribution in [3.8, 4) is 5.75 Å². The van der Waals surface area contributed by atoms with Crippen molar-refractivity contribution in [1.29, 1.82) is 0 Å². The number of carbonyl (C=O) groups excluding carboxylic acids is 2. The number of halogens is 3. The van der Waals surface area contributed by atoms with Crippen molar-refractivity contribution in [2.45, 2.75) is 52.1 Å². The van der Waals surface area contributed by atoms with E-state index in [-0.39, 0.29) is 25.0 Å². The molecule has 1 atom stereocenters. The molecule has 0 spiro atoms. The van der Waals surface area contributed by atoms with Gasteiger partial charge in [-0.1, -0.05) is 85.9 Å². The molecule has 5 nitrogen and oxygen atoms in total. The summed E-state index contributed by atoms with van der Waals surface area (Å²) < 4.78 is 6.70. The van der Waals surface area contributed by atoms with Gasteiger partial charge in [-0.2, -0.15) is 0 Å². The van der Waals surface area contributed by atoms with Crippen LogP contribution in [0.25, 0.3) is 0 Å². The van der Waals surface area contributed by atoms with Crippen molar-refractivity contribution in [1.82, 2.24) is 10.2 Å². The van der Waals surface area contributed by atoms with Gasteiger partial charge in [0.25, 0.3) is 5.91 Å². The first kappa shape index (κ1) is 30.0. The second-order valence-corrected chi connectivity index (χ2v) is 10.7. The summed E-state index contributed by atoms with van der Waals surface area (Å²) in [5, 5.41) is 3.83. The summed E-state index contributed by atoms with van der Waals surface area (Å²) in [6, 6.07) is 20.0. The van der Waals surface area contributed by atoms with Crippen LogP contribution >= 0.6 is 39.1 Å². The topological polar surface area (TPSA) is 58.6 Å². The summed E-state index contributed by atoms with van der Waals surface area (Å²) in [4.78, 5) is 28.8. The molecule has 0 radical (unpaired) electrons. The van der Waals surface area contributed by atoms with Gasteiger partial charge in [0, 0.05) is 19.5 Å². The minimum Gasteiger partial charge on any atom is -0.483 e. The maximum Gasteiger partial charge on any atom is 0.261 e. The van der Waals surface area contributed by atoms with Gasteiger partial charge < -0.3 is 15.0 Å². The lowest BCUT2D eigenvalue weighted by Crippen LogP contribution is -2.51. The molecule has 0 aliphatic heterocycles. The van der Waals surface area contributed by atoms with E-state index in [1.54, 1.807) is 17.0 Å². The maximum absolute atomic E-state index is 13.7. The van der Waals surface area contributed by atoms with Crippen molar-refractivity contribution in [3.63, 3.8) is 0 Å². The molecule has 0 unspecified atom stereocenters. The van der Waals surface area contributed by atoms with Crippen molar-refractivity contribution < 1.29 is 14.3 Å². The summed E-state index contributed by atoms with van der Waals surface area (Å²) in [6.45, 7) is 4.64. The van der Waals surface area contributed by atoms with Crippen LogP contribution < -0.4 is 10.1 Å². The number of rotatable bonds is 13. The van der Waals surface area contributed by atoms with Gasteiger partial charge in [-0.05, 0) is 69.7 Å². The lowest BCUT2D eigenvalue weighted by molar-refractivity contribution is -0.142. The fraction of sp³-hybridized carbons (Fsp3) is 0.333. The molecule has 0 aliphatic rings. The molecule has 0 aromatic heterocycles. The van der Waals surface area contributed by atoms with Gasteiger partial charge in [0.2, 0.25) is 5.91 Å². The predicted octanol–water partition coefficient (Wildman–Crippen LogP) is 7.25. The third-order valence-corrected chi connectivity index (χ3v) is 7.55. The number of hydrogen-bond acceptors (Lipinski definition) is 3. The number of amides is 2. The van der Waals surface area contributed by atoms with Gasteiger partial charge in [-0.25, -0.2) is 0 Å². The van der Waals surface area contributed by atoms with E-state index in [0.717, 1.165) is 40.4 Å². The maximum atomic E-state index is 13.7. The summed E-state index contributed by atoms with van der Waals surface area (Å²) >= 11 is 15.9. The zero-order chi connectivity index (χ0) is 27.5. The molecule has 0 saturated heterocycles. The van der Waals surface area contributed by atoms with Crippen molar-refractivity contribution in [3.05, 3.63) is 97.9 Å². The quantitative estimate of drug-likeness (QED) is 0.205. The normalized spacial score (nSPS) is 11.6. The minimum atomic E-state index is -0.745. The van der Waals surface area contributed by atoms with Gasteiger partial charge in [0.1, 0.15) is 11.8 Å². The summed E-state index contributed by atoms with van der Waals surface area (Å²) in [5.74, 6) is 0.0513. The Balaban J connectivity index is 1.91. The van der Waals surface area contributed by atoms with Gasteiger partial charge >= 0.3 is 0 Å². The Hall–Kier alpha value is -2.54. The Bertz CT molecular complexity index is 1220. The number of aryl methyl sites for hydroxylation is 1. The average molecular weight is 620 g/mol. The number of hydrogen-bond donors (Lipinski definition) is 1. The van der Waals surface area contributed by atoms with Crippen molar-refractivity contribution >= 4 is 50.9 Å². The Labute approximate surface area is 243 Å². The highest BCUT2D eigenvalue weighted by Crippen LogP contribution is 2.27. The van der Waals surface area contributed by atoms with E-state index < -0.39 is 6.04 Å². The molecule has 38 heavy (non-hydrogen) atoms. The van der Waals surface area contributed by atoms with Crippen LogP contribution in [0.15, 0.2) is 71.2 Å². The van der Waals surface area contributed by atoms with Crippen LogP contribution in [0.5, 0.6) is 5.75 Å². The fourth-order valence-corrected chi connectivity index (χ4v) is 4.86. The fourth-order valence-electron chi connectivity index (χ4n) is 4.00. The lowest BCUT2D eigenvalue weighted by atomic mass is 10.0. The van der Waals surface area contributed by atoms with E-state index in [1.807, 2.05) is 54.6 Å². The molecular formula is C30H33BrCl2N2O3. The molecular weight excluding hydrogens is 587 g/mol. The van der Waals surface area contributed by atoms with Crippen LogP contribution in [-0.2, 0) is 29.0 Å². The molecule has 2 amide bonds. The summed E-state index contributed by atoms with van der Waals surface area (Å²) in [5.41, 5.74) is 2.87. The van der Waals surface area contributed by atoms with Crippen LogP contribution in [0.4, 0.5) is 0 Å². The zero-order valence-corrected chi connectivity index (χ0v) is 24.8. The lowest BCUT2D eigenvalue weighted by Gasteiger charge is -2.31. The molecule has 202 valence electrons. The van der Waals surface area contributed by atoms with Crippen LogP contribution in [0.2, 0.25) is 10.0 Å². The molecule has 0 heterocycles. The molecule has 0 bridgehead atoms. The van der Waals surface area contributed by atoms with Gasteiger partial charge in [-0.3, -0.25) is 9.59 Å². The molecule has 8 heteroatoms. The van der Waals surface area contributed by atoms with E-state index >= 15 is 0 Å². The molecule has 0 fully saturated rings. The van der Waals surface area contributed by atoms with Gasteiger partial charge in [0.05, 0.1) is 14.5 Å². The Morgan fingerprint density at radius 2 is 1.68 bits per heavy atom. The van der Waals surface area contributed by atoms with Crippen LogP contribution in [0.1, 0.15) is 43.4 Å². The molecule has 3 aromatic carbocycles. The summed E-state index contributed by atoms with van der Waals surface area (Å²) in [7, 11) is 0. The number of unbranched alkanes of at least 4 members (excludes halogenated alkanes) is 1. The third kappa shape index (κ3) is 8.75. The third-order valence-electron chi connectivity index (χ3n) is 6.19. The van der Waals surface area contributed by atoms with Crippen LogP contribution in [-0.4, -0.2) is 35.9 Å². The number of carbonyl (C=O) groups is 2. The molecule has 1 N–H and O–H groups in total. The first-order chi connectivity index (χ1) is 18.3. The number of nitrogens with zero attached hydrogens (tertiary/aromatic N) is 1. The second-order valence-electron chi connectivity index (χ2n) is 9.03. The first-order valence-electron chi connectivity index (χ1n) is 12.8. The Morgan fingerprint density at radius 3 is 2.34 bits per heavy atom. The molecule has 3 rings (SSSR count). The average Bonchev–Trinajstić information content (AvgIpc) is 2.92. The van der Waals surface area contributed by atoms with E-state index in [9.17, 15) is 9.59 Å². The number of benzene rings is 3. The number of ether oxygens (including phenoxy) is 1. The standard InChI is InChI=1S/C30H33BrCl2N2O3/c1-3-5-15-34-30(37)27(18-22-9-7-6-8-10-22)35(19-23-11-13-25(32)26(33)17-23)29(36)20-38-28-14-12-21(4-2)16-24(28)31/h6-14,16-17,27H,3-5,15,18-20H2,1-2H3,(H,34,37)/t27-/m1/s1. The second kappa shape index (κ2) is 15.2. The highest BCUT2D eigenvalue weighted by molar-refractivity contribution is 9.10. The first-order valence-corrected chi connectivity index (χ1v) is 14.3. The Kier molecular flexibility index (Phi) is 12.0. The molecule has 0 aliphatic carbocycles. The smallest absolute Gasteiger partial charge is 0.261 e. The van der Waals surface area contributed by atoms with Crippen molar-refractivity contribution in [2.75, 3.05) is 13.2 Å². The highest BCUT2D eigenvalue weighted by Gasteiger charge is 2.30. The van der Waals surface area contributed by atoms with E-state index in [0.29, 0.717) is 28.8 Å². The van der Waals surface area contributed by atoms with Gasteiger partial charge in [0.15, 0.2) is 6.61 Å². The van der Waals surface area contributed by atoms with Gasteiger partial charge in [-0.15, -0.1) is 0 Å². The minimum absolute atomic E-state index is 0.174. The van der Waals surface area contributed by atoms with Crippen LogP contribution in [0.3, 0.4) is 0 Å². The SMILES string of the molecule is CCCCNC(=O)[C@@H](Cc1ccccc1)N(Cc1ccc(Cl)c(Cl)c1)C(=O)COc1ccc(CC)cc1Br. The van der Waals surface area contributed by atoms with Crippen LogP contribution in [0, 0.1) is 0 Å². The molecule has 3 aromatic rings. The van der Waals surface area contributed by atoms with E-state index in [2.05, 4.69) is 35.1 Å². The zero-order valence-electron chi connectivity index (χ0n) is 21.7. The predicted molar refractivity (Wildman–Crippen MR) is 158 cm³/mol. The van der Waals surface area contributed by atoms with E-state index in [4.69, 9.17) is 27.9 Å². The van der Waals surface area contributed by atoms with E-state index in [1.165, 1.54) is 0 Å². The Morgan fingerprint density at radius 1 is 0.947 bits per heavy atom. The highest BCUT2D eigenvalue weighted by atomic mass is 79.9. The monoisotopic (exact) mass is 618 g/mol. The number of nitrogens with one attached hydrogen (secondary N) is 1. The molecule has 0 saturated carbocycles.